The minimum Gasteiger partial charge on any atom is -0.496 e. The number of carbonyl (C=O) groups is 2. The van der Waals surface area contributed by atoms with Gasteiger partial charge in [-0.3, -0.25) is 9.59 Å². The zero-order chi connectivity index (χ0) is 15.2. The molecule has 0 aromatic heterocycles. The Balaban J connectivity index is 1.91. The van der Waals surface area contributed by atoms with Gasteiger partial charge in [0.05, 0.1) is 13.0 Å². The molecule has 5 heteroatoms. The zero-order valence-electron chi connectivity index (χ0n) is 12.2. The number of nitrogens with zero attached hydrogens (tertiary/aromatic N) is 1. The number of rotatable bonds is 5. The molecular weight excluding hydrogens is 270 g/mol. The van der Waals surface area contributed by atoms with Crippen LogP contribution in [-0.4, -0.2) is 42.1 Å². The Morgan fingerprint density at radius 3 is 2.86 bits per heavy atom. The topological polar surface area (TPSA) is 66.8 Å². The van der Waals surface area contributed by atoms with Crippen LogP contribution < -0.4 is 4.74 Å². The van der Waals surface area contributed by atoms with Crippen LogP contribution in [-0.2, 0) is 16.0 Å². The average Bonchev–Trinajstić information content (AvgIpc) is 2.52. The lowest BCUT2D eigenvalue weighted by molar-refractivity contribution is -0.145. The third kappa shape index (κ3) is 3.97. The van der Waals surface area contributed by atoms with Crippen molar-refractivity contribution in [3.8, 4) is 5.75 Å². The van der Waals surface area contributed by atoms with Crippen molar-refractivity contribution in [2.75, 3.05) is 20.2 Å². The molecule has 2 rings (SSSR count). The third-order valence-corrected chi connectivity index (χ3v) is 3.92. The van der Waals surface area contributed by atoms with Gasteiger partial charge in [-0.05, 0) is 30.9 Å². The Morgan fingerprint density at radius 1 is 1.38 bits per heavy atom. The normalized spacial score (nSPS) is 18.3. The maximum Gasteiger partial charge on any atom is 0.308 e. The standard InChI is InChI=1S/C16H21NO4/c1-21-14-7-3-2-5-12(14)8-9-15(18)17-10-4-6-13(11-17)16(19)20/h2-3,5,7,13H,4,6,8-11H2,1H3,(H,19,20)/t13-/m0/s1. The maximum atomic E-state index is 12.2. The number of para-hydroxylation sites is 1. The predicted molar refractivity (Wildman–Crippen MR) is 78.3 cm³/mol. The number of carbonyl (C=O) groups excluding carboxylic acids is 1. The van der Waals surface area contributed by atoms with E-state index < -0.39 is 11.9 Å². The van der Waals surface area contributed by atoms with E-state index in [4.69, 9.17) is 9.84 Å². The molecule has 1 amide bonds. The van der Waals surface area contributed by atoms with Crippen molar-refractivity contribution >= 4 is 11.9 Å². The largest absolute Gasteiger partial charge is 0.496 e. The highest BCUT2D eigenvalue weighted by atomic mass is 16.5. The summed E-state index contributed by atoms with van der Waals surface area (Å²) in [5.41, 5.74) is 1.00. The minimum absolute atomic E-state index is 0.0202. The van der Waals surface area contributed by atoms with Crippen molar-refractivity contribution in [2.24, 2.45) is 5.92 Å². The molecule has 1 aliphatic heterocycles. The van der Waals surface area contributed by atoms with Gasteiger partial charge in [-0.25, -0.2) is 0 Å². The number of ether oxygens (including phenoxy) is 1. The number of hydrogen-bond donors (Lipinski definition) is 1. The van der Waals surface area contributed by atoms with Gasteiger partial charge >= 0.3 is 5.97 Å². The van der Waals surface area contributed by atoms with E-state index in [0.29, 0.717) is 32.4 Å². The number of amides is 1. The minimum atomic E-state index is -0.808. The van der Waals surface area contributed by atoms with Crippen molar-refractivity contribution in [3.05, 3.63) is 29.8 Å². The quantitative estimate of drug-likeness (QED) is 0.900. The summed E-state index contributed by atoms with van der Waals surface area (Å²) in [6.07, 6.45) is 2.41. The second-order valence-corrected chi connectivity index (χ2v) is 5.33. The Morgan fingerprint density at radius 2 is 2.14 bits per heavy atom. The summed E-state index contributed by atoms with van der Waals surface area (Å²) in [6, 6.07) is 7.64. The summed E-state index contributed by atoms with van der Waals surface area (Å²) in [5, 5.41) is 9.06. The van der Waals surface area contributed by atoms with E-state index in [9.17, 15) is 9.59 Å². The molecule has 0 saturated carbocycles. The molecule has 5 nitrogen and oxygen atoms in total. The molecule has 0 bridgehead atoms. The third-order valence-electron chi connectivity index (χ3n) is 3.92. The van der Waals surface area contributed by atoms with Crippen LogP contribution in [0.4, 0.5) is 0 Å². The Labute approximate surface area is 124 Å². The highest BCUT2D eigenvalue weighted by Gasteiger charge is 2.27. The fourth-order valence-electron chi connectivity index (χ4n) is 2.71. The molecule has 1 aliphatic rings. The van der Waals surface area contributed by atoms with Gasteiger partial charge in [0.2, 0.25) is 5.91 Å². The van der Waals surface area contributed by atoms with Crippen LogP contribution in [0.2, 0.25) is 0 Å². The van der Waals surface area contributed by atoms with Crippen molar-refractivity contribution < 1.29 is 19.4 Å². The number of aryl methyl sites for hydroxylation is 1. The number of piperidine rings is 1. The summed E-state index contributed by atoms with van der Waals surface area (Å²) in [4.78, 5) is 24.9. The number of carboxylic acid groups (broad SMARTS) is 1. The van der Waals surface area contributed by atoms with Crippen LogP contribution >= 0.6 is 0 Å². The molecule has 21 heavy (non-hydrogen) atoms. The molecule has 114 valence electrons. The molecule has 0 unspecified atom stereocenters. The summed E-state index contributed by atoms with van der Waals surface area (Å²) < 4.78 is 5.27. The van der Waals surface area contributed by atoms with Crippen LogP contribution in [0.1, 0.15) is 24.8 Å². The second kappa shape index (κ2) is 7.11. The summed E-state index contributed by atoms with van der Waals surface area (Å²) in [7, 11) is 1.61. The number of likely N-dealkylation sites (tertiary alicyclic amines) is 1. The number of aliphatic carboxylic acids is 1. The van der Waals surface area contributed by atoms with E-state index in [0.717, 1.165) is 17.7 Å². The van der Waals surface area contributed by atoms with Crippen molar-refractivity contribution in [3.63, 3.8) is 0 Å². The van der Waals surface area contributed by atoms with E-state index in [1.165, 1.54) is 0 Å². The van der Waals surface area contributed by atoms with Crippen LogP contribution in [0.15, 0.2) is 24.3 Å². The van der Waals surface area contributed by atoms with E-state index in [2.05, 4.69) is 0 Å². The highest BCUT2D eigenvalue weighted by Crippen LogP contribution is 2.21. The predicted octanol–water partition coefficient (Wildman–Crippen LogP) is 1.95. The van der Waals surface area contributed by atoms with Gasteiger partial charge < -0.3 is 14.7 Å². The molecule has 1 N–H and O–H groups in total. The zero-order valence-corrected chi connectivity index (χ0v) is 12.2. The van der Waals surface area contributed by atoms with E-state index in [-0.39, 0.29) is 5.91 Å². The Bertz CT molecular complexity index is 515. The number of hydrogen-bond acceptors (Lipinski definition) is 3. The van der Waals surface area contributed by atoms with Gasteiger partial charge in [0.1, 0.15) is 5.75 Å². The van der Waals surface area contributed by atoms with Crippen molar-refractivity contribution in [2.45, 2.75) is 25.7 Å². The maximum absolute atomic E-state index is 12.2. The molecule has 1 saturated heterocycles. The fraction of sp³-hybridized carbons (Fsp3) is 0.500. The molecule has 1 aromatic rings. The Hall–Kier alpha value is -2.04. The van der Waals surface area contributed by atoms with Gasteiger partial charge in [-0.15, -0.1) is 0 Å². The molecule has 1 aromatic carbocycles. The lowest BCUT2D eigenvalue weighted by Crippen LogP contribution is -2.42. The first kappa shape index (κ1) is 15.4. The SMILES string of the molecule is COc1ccccc1CCC(=O)N1CCC[C@H](C(=O)O)C1. The Kier molecular flexibility index (Phi) is 5.20. The molecule has 1 heterocycles. The first-order valence-corrected chi connectivity index (χ1v) is 7.24. The van der Waals surface area contributed by atoms with Crippen LogP contribution in [0, 0.1) is 5.92 Å². The first-order chi connectivity index (χ1) is 10.1. The van der Waals surface area contributed by atoms with E-state index in [1.54, 1.807) is 12.0 Å². The smallest absolute Gasteiger partial charge is 0.308 e. The molecule has 1 atom stereocenters. The molecule has 0 spiro atoms. The number of benzene rings is 1. The van der Waals surface area contributed by atoms with Gasteiger partial charge in [-0.2, -0.15) is 0 Å². The monoisotopic (exact) mass is 291 g/mol. The second-order valence-electron chi connectivity index (χ2n) is 5.33. The van der Waals surface area contributed by atoms with Crippen LogP contribution in [0.3, 0.4) is 0 Å². The molecule has 1 fully saturated rings. The number of methoxy groups -OCH3 is 1. The van der Waals surface area contributed by atoms with Crippen molar-refractivity contribution in [1.82, 2.24) is 4.90 Å². The van der Waals surface area contributed by atoms with E-state index >= 15 is 0 Å². The lowest BCUT2D eigenvalue weighted by Gasteiger charge is -2.30. The summed E-state index contributed by atoms with van der Waals surface area (Å²) in [5.74, 6) is -0.426. The molecular formula is C16H21NO4. The first-order valence-electron chi connectivity index (χ1n) is 7.24. The summed E-state index contributed by atoms with van der Waals surface area (Å²) in [6.45, 7) is 0.995. The van der Waals surface area contributed by atoms with Crippen LogP contribution in [0.25, 0.3) is 0 Å². The van der Waals surface area contributed by atoms with Crippen molar-refractivity contribution in [1.29, 1.82) is 0 Å². The van der Waals surface area contributed by atoms with E-state index in [1.807, 2.05) is 24.3 Å². The van der Waals surface area contributed by atoms with Crippen LogP contribution in [0.5, 0.6) is 5.75 Å². The molecule has 0 aliphatic carbocycles. The van der Waals surface area contributed by atoms with Gasteiger partial charge in [0.15, 0.2) is 0 Å². The van der Waals surface area contributed by atoms with Gasteiger partial charge in [-0.1, -0.05) is 18.2 Å². The molecule has 0 radical (unpaired) electrons. The average molecular weight is 291 g/mol. The van der Waals surface area contributed by atoms with Gasteiger partial charge in [0, 0.05) is 19.5 Å². The van der Waals surface area contributed by atoms with Gasteiger partial charge in [0.25, 0.3) is 0 Å². The fourth-order valence-corrected chi connectivity index (χ4v) is 2.71. The lowest BCUT2D eigenvalue weighted by atomic mass is 9.97. The highest BCUT2D eigenvalue weighted by molar-refractivity contribution is 5.78. The summed E-state index contributed by atoms with van der Waals surface area (Å²) >= 11 is 0. The number of carboxylic acids is 1.